The Morgan fingerprint density at radius 3 is 2.67 bits per heavy atom. The number of nitrogens with two attached hydrogens (primary N) is 1. The Morgan fingerprint density at radius 1 is 1.24 bits per heavy atom. The number of rotatable bonds is 5. The molecule has 0 unspecified atom stereocenters. The van der Waals surface area contributed by atoms with Crippen LogP contribution in [0.5, 0.6) is 11.5 Å². The first-order valence-electron chi connectivity index (χ1n) is 6.36. The van der Waals surface area contributed by atoms with Crippen LogP contribution in [0.4, 0.5) is 5.69 Å². The Bertz CT molecular complexity index is 644. The fourth-order valence-corrected chi connectivity index (χ4v) is 1.89. The number of methoxy groups -OCH3 is 2. The minimum Gasteiger partial charge on any atom is -0.495 e. The van der Waals surface area contributed by atoms with E-state index in [0.29, 0.717) is 29.3 Å². The molecule has 1 heterocycles. The summed E-state index contributed by atoms with van der Waals surface area (Å²) < 4.78 is 10.4. The zero-order chi connectivity index (χ0) is 15.2. The van der Waals surface area contributed by atoms with Gasteiger partial charge in [-0.25, -0.2) is 0 Å². The summed E-state index contributed by atoms with van der Waals surface area (Å²) in [6.07, 6.45) is 3.02. The molecule has 0 atom stereocenters. The second kappa shape index (κ2) is 6.71. The molecule has 0 radical (unpaired) electrons. The topological polar surface area (TPSA) is 86.5 Å². The van der Waals surface area contributed by atoms with Gasteiger partial charge in [-0.1, -0.05) is 6.07 Å². The fraction of sp³-hybridized carbons (Fsp3) is 0.200. The molecule has 0 bridgehead atoms. The second-order valence-corrected chi connectivity index (χ2v) is 4.27. The maximum absolute atomic E-state index is 12.3. The van der Waals surface area contributed by atoms with E-state index >= 15 is 0 Å². The van der Waals surface area contributed by atoms with Gasteiger partial charge in [-0.3, -0.25) is 9.78 Å². The summed E-state index contributed by atoms with van der Waals surface area (Å²) in [7, 11) is 3.03. The van der Waals surface area contributed by atoms with Crippen LogP contribution in [0.1, 0.15) is 15.9 Å². The minimum atomic E-state index is -0.298. The standard InChI is InChI=1S/C15H17N3O3/c1-20-13-7-10(8-16)3-4-12(13)18-15(19)11-5-6-17-9-14(11)21-2/h3-7,9H,8,16H2,1-2H3,(H,18,19). The van der Waals surface area contributed by atoms with Crippen molar-refractivity contribution in [2.45, 2.75) is 6.54 Å². The van der Waals surface area contributed by atoms with Crippen molar-refractivity contribution in [1.82, 2.24) is 4.98 Å². The molecule has 0 aliphatic carbocycles. The summed E-state index contributed by atoms with van der Waals surface area (Å²) in [5.74, 6) is 0.667. The molecule has 1 amide bonds. The Balaban J connectivity index is 2.27. The fourth-order valence-electron chi connectivity index (χ4n) is 1.89. The van der Waals surface area contributed by atoms with Crippen LogP contribution in [0.15, 0.2) is 36.7 Å². The highest BCUT2D eigenvalue weighted by atomic mass is 16.5. The van der Waals surface area contributed by atoms with Gasteiger partial charge in [0.1, 0.15) is 11.5 Å². The summed E-state index contributed by atoms with van der Waals surface area (Å²) in [5, 5.41) is 2.79. The molecule has 1 aromatic heterocycles. The van der Waals surface area contributed by atoms with Gasteiger partial charge >= 0.3 is 0 Å². The quantitative estimate of drug-likeness (QED) is 0.875. The predicted octanol–water partition coefficient (Wildman–Crippen LogP) is 1.81. The average molecular weight is 287 g/mol. The molecule has 110 valence electrons. The van der Waals surface area contributed by atoms with Gasteiger partial charge in [0, 0.05) is 12.7 Å². The number of carbonyl (C=O) groups excluding carboxylic acids is 1. The monoisotopic (exact) mass is 287 g/mol. The van der Waals surface area contributed by atoms with E-state index in [1.807, 2.05) is 6.07 Å². The first kappa shape index (κ1) is 14.8. The second-order valence-electron chi connectivity index (χ2n) is 4.27. The Kier molecular flexibility index (Phi) is 4.73. The number of hydrogen-bond donors (Lipinski definition) is 2. The molecule has 6 nitrogen and oxygen atoms in total. The lowest BCUT2D eigenvalue weighted by atomic mass is 10.1. The van der Waals surface area contributed by atoms with Crippen molar-refractivity contribution in [2.24, 2.45) is 5.73 Å². The molecule has 0 aliphatic heterocycles. The van der Waals surface area contributed by atoms with Gasteiger partial charge in [-0.15, -0.1) is 0 Å². The van der Waals surface area contributed by atoms with Crippen LogP contribution >= 0.6 is 0 Å². The predicted molar refractivity (Wildman–Crippen MR) is 79.6 cm³/mol. The van der Waals surface area contributed by atoms with Gasteiger partial charge in [0.15, 0.2) is 0 Å². The molecule has 21 heavy (non-hydrogen) atoms. The molecule has 0 saturated heterocycles. The molecule has 2 rings (SSSR count). The van der Waals surface area contributed by atoms with Crippen LogP contribution in [0.25, 0.3) is 0 Å². The van der Waals surface area contributed by atoms with E-state index in [-0.39, 0.29) is 5.91 Å². The number of carbonyl (C=O) groups is 1. The highest BCUT2D eigenvalue weighted by molar-refractivity contribution is 6.06. The van der Waals surface area contributed by atoms with Crippen LogP contribution < -0.4 is 20.5 Å². The van der Waals surface area contributed by atoms with Crippen molar-refractivity contribution in [2.75, 3.05) is 19.5 Å². The number of hydrogen-bond acceptors (Lipinski definition) is 5. The Morgan fingerprint density at radius 2 is 2.00 bits per heavy atom. The van der Waals surface area contributed by atoms with Gasteiger partial charge in [0.25, 0.3) is 5.91 Å². The highest BCUT2D eigenvalue weighted by Crippen LogP contribution is 2.27. The molecule has 2 aromatic rings. The van der Waals surface area contributed by atoms with E-state index in [1.54, 1.807) is 18.2 Å². The third-order valence-electron chi connectivity index (χ3n) is 3.00. The first-order valence-corrected chi connectivity index (χ1v) is 6.36. The van der Waals surface area contributed by atoms with Crippen LogP contribution in [-0.4, -0.2) is 25.1 Å². The maximum Gasteiger partial charge on any atom is 0.259 e. The molecule has 0 aliphatic rings. The SMILES string of the molecule is COc1cc(CN)ccc1NC(=O)c1ccncc1OC. The van der Waals surface area contributed by atoms with Crippen LogP contribution in [0, 0.1) is 0 Å². The normalized spacial score (nSPS) is 10.0. The van der Waals surface area contributed by atoms with Gasteiger partial charge in [-0.05, 0) is 23.8 Å². The lowest BCUT2D eigenvalue weighted by Crippen LogP contribution is -2.14. The number of amides is 1. The van der Waals surface area contributed by atoms with E-state index in [1.165, 1.54) is 26.6 Å². The lowest BCUT2D eigenvalue weighted by molar-refractivity contribution is 0.102. The molecule has 0 spiro atoms. The van der Waals surface area contributed by atoms with E-state index in [2.05, 4.69) is 10.3 Å². The third-order valence-corrected chi connectivity index (χ3v) is 3.00. The van der Waals surface area contributed by atoms with Crippen LogP contribution in [0.3, 0.4) is 0 Å². The molecular weight excluding hydrogens is 270 g/mol. The van der Waals surface area contributed by atoms with E-state index in [0.717, 1.165) is 5.56 Å². The largest absolute Gasteiger partial charge is 0.495 e. The molecule has 6 heteroatoms. The van der Waals surface area contributed by atoms with E-state index in [9.17, 15) is 4.79 Å². The molecular formula is C15H17N3O3. The highest BCUT2D eigenvalue weighted by Gasteiger charge is 2.14. The Hall–Kier alpha value is -2.60. The van der Waals surface area contributed by atoms with Crippen molar-refractivity contribution in [3.8, 4) is 11.5 Å². The summed E-state index contributed by atoms with van der Waals surface area (Å²) >= 11 is 0. The van der Waals surface area contributed by atoms with Crippen molar-refractivity contribution >= 4 is 11.6 Å². The maximum atomic E-state index is 12.3. The summed E-state index contributed by atoms with van der Waals surface area (Å²) in [4.78, 5) is 16.2. The lowest BCUT2D eigenvalue weighted by Gasteiger charge is -2.12. The number of pyridine rings is 1. The van der Waals surface area contributed by atoms with Crippen molar-refractivity contribution < 1.29 is 14.3 Å². The van der Waals surface area contributed by atoms with Crippen LogP contribution in [-0.2, 0) is 6.54 Å². The third kappa shape index (κ3) is 3.29. The first-order chi connectivity index (χ1) is 10.2. The number of ether oxygens (including phenoxy) is 2. The summed E-state index contributed by atoms with van der Waals surface area (Å²) in [6, 6.07) is 6.97. The van der Waals surface area contributed by atoms with Crippen LogP contribution in [0.2, 0.25) is 0 Å². The number of nitrogens with one attached hydrogen (secondary N) is 1. The van der Waals surface area contributed by atoms with Crippen molar-refractivity contribution in [3.63, 3.8) is 0 Å². The number of anilines is 1. The van der Waals surface area contributed by atoms with E-state index < -0.39 is 0 Å². The van der Waals surface area contributed by atoms with E-state index in [4.69, 9.17) is 15.2 Å². The molecule has 0 saturated carbocycles. The minimum absolute atomic E-state index is 0.298. The Labute approximate surface area is 122 Å². The van der Waals surface area contributed by atoms with Gasteiger partial charge in [-0.2, -0.15) is 0 Å². The summed E-state index contributed by atoms with van der Waals surface area (Å²) in [6.45, 7) is 0.406. The molecule has 1 aromatic carbocycles. The number of nitrogens with zero attached hydrogens (tertiary/aromatic N) is 1. The number of benzene rings is 1. The molecule has 0 fully saturated rings. The number of aromatic nitrogens is 1. The van der Waals surface area contributed by atoms with Crippen molar-refractivity contribution in [1.29, 1.82) is 0 Å². The van der Waals surface area contributed by atoms with Gasteiger partial charge < -0.3 is 20.5 Å². The van der Waals surface area contributed by atoms with Crippen molar-refractivity contribution in [3.05, 3.63) is 47.8 Å². The smallest absolute Gasteiger partial charge is 0.259 e. The van der Waals surface area contributed by atoms with Gasteiger partial charge in [0.05, 0.1) is 31.7 Å². The zero-order valence-corrected chi connectivity index (χ0v) is 11.9. The zero-order valence-electron chi connectivity index (χ0n) is 11.9. The van der Waals surface area contributed by atoms with Gasteiger partial charge in [0.2, 0.25) is 0 Å². The average Bonchev–Trinajstić information content (AvgIpc) is 2.55. The summed E-state index contributed by atoms with van der Waals surface area (Å²) in [5.41, 5.74) is 7.48. The molecule has 3 N–H and O–H groups in total.